The van der Waals surface area contributed by atoms with Crippen molar-refractivity contribution >= 4 is 27.4 Å². The Morgan fingerprint density at radius 3 is 2.94 bits per heavy atom. The lowest BCUT2D eigenvalue weighted by Crippen LogP contribution is -1.81. The Labute approximate surface area is 107 Å². The van der Waals surface area contributed by atoms with Gasteiger partial charge in [0, 0.05) is 17.5 Å². The van der Waals surface area contributed by atoms with E-state index in [2.05, 4.69) is 11.2 Å². The van der Waals surface area contributed by atoms with Gasteiger partial charge in [-0.2, -0.15) is 0 Å². The molecule has 1 fully saturated rings. The minimum atomic E-state index is 0.333. The Bertz CT molecular complexity index is 727. The van der Waals surface area contributed by atoms with Crippen molar-refractivity contribution in [3.05, 3.63) is 29.3 Å². The number of para-hydroxylation sites is 1. The predicted molar refractivity (Wildman–Crippen MR) is 71.5 cm³/mol. The molecule has 18 heavy (non-hydrogen) atoms. The van der Waals surface area contributed by atoms with Crippen LogP contribution >= 0.6 is 11.3 Å². The first-order chi connectivity index (χ1) is 8.81. The van der Waals surface area contributed by atoms with Gasteiger partial charge in [-0.1, -0.05) is 17.3 Å². The molecule has 3 aromatic rings. The molecule has 2 heterocycles. The lowest BCUT2D eigenvalue weighted by Gasteiger charge is -1.95. The van der Waals surface area contributed by atoms with Gasteiger partial charge in [0.1, 0.15) is 5.69 Å². The van der Waals surface area contributed by atoms with Crippen LogP contribution in [-0.4, -0.2) is 10.1 Å². The maximum atomic E-state index is 5.58. The number of aromatic nitrogens is 2. The molecule has 2 aromatic heterocycles. The minimum absolute atomic E-state index is 0.333. The summed E-state index contributed by atoms with van der Waals surface area (Å²) in [6.45, 7) is 0. The highest BCUT2D eigenvalue weighted by Gasteiger charge is 2.27. The summed E-state index contributed by atoms with van der Waals surface area (Å²) in [5.74, 6) is 1.01. The van der Waals surface area contributed by atoms with E-state index in [4.69, 9.17) is 15.2 Å². The van der Waals surface area contributed by atoms with E-state index >= 15 is 0 Å². The van der Waals surface area contributed by atoms with Crippen LogP contribution in [0.25, 0.3) is 21.5 Å². The molecule has 1 aromatic carbocycles. The number of hydrogen-bond donors (Lipinski definition) is 1. The summed E-state index contributed by atoms with van der Waals surface area (Å²) in [6.07, 6.45) is 2.54. The Balaban J connectivity index is 1.93. The van der Waals surface area contributed by atoms with Crippen molar-refractivity contribution in [3.63, 3.8) is 0 Å². The molecule has 0 atom stereocenters. The van der Waals surface area contributed by atoms with Gasteiger partial charge >= 0.3 is 0 Å². The molecule has 2 N–H and O–H groups in total. The quantitative estimate of drug-likeness (QED) is 0.764. The fourth-order valence-corrected chi connectivity index (χ4v) is 3.26. The fourth-order valence-electron chi connectivity index (χ4n) is 2.09. The first-order valence-corrected chi connectivity index (χ1v) is 6.75. The highest BCUT2D eigenvalue weighted by Crippen LogP contribution is 2.44. The van der Waals surface area contributed by atoms with E-state index in [0.717, 1.165) is 16.8 Å². The van der Waals surface area contributed by atoms with Crippen LogP contribution in [-0.2, 0) is 0 Å². The zero-order valence-electron chi connectivity index (χ0n) is 9.59. The van der Waals surface area contributed by atoms with Crippen molar-refractivity contribution in [1.82, 2.24) is 10.1 Å². The van der Waals surface area contributed by atoms with Gasteiger partial charge in [-0.3, -0.25) is 0 Å². The van der Waals surface area contributed by atoms with E-state index in [0.29, 0.717) is 11.8 Å². The van der Waals surface area contributed by atoms with Gasteiger partial charge in [0.05, 0.1) is 15.2 Å². The Kier molecular flexibility index (Phi) is 1.99. The predicted octanol–water partition coefficient (Wildman–Crippen LogP) is 3.41. The first-order valence-electron chi connectivity index (χ1n) is 5.93. The summed E-state index contributed by atoms with van der Waals surface area (Å²) in [7, 11) is 0. The van der Waals surface area contributed by atoms with Gasteiger partial charge < -0.3 is 10.3 Å². The van der Waals surface area contributed by atoms with Crippen LogP contribution in [0.3, 0.4) is 0 Å². The Hall–Kier alpha value is -1.88. The highest BCUT2D eigenvalue weighted by molar-refractivity contribution is 7.18. The van der Waals surface area contributed by atoms with Gasteiger partial charge in [-0.25, -0.2) is 4.98 Å². The number of nitrogens with two attached hydrogens (primary N) is 1. The van der Waals surface area contributed by atoms with E-state index in [-0.39, 0.29) is 0 Å². The molecule has 0 bridgehead atoms. The van der Waals surface area contributed by atoms with Gasteiger partial charge in [0.15, 0.2) is 0 Å². The normalized spacial score (nSPS) is 15.3. The van der Waals surface area contributed by atoms with Crippen molar-refractivity contribution in [3.8, 4) is 11.3 Å². The minimum Gasteiger partial charge on any atom is -0.368 e. The molecule has 0 unspecified atom stereocenters. The van der Waals surface area contributed by atoms with Crippen LogP contribution in [0.4, 0.5) is 5.88 Å². The molecule has 4 nitrogen and oxygen atoms in total. The van der Waals surface area contributed by atoms with Crippen LogP contribution in [0.1, 0.15) is 23.8 Å². The zero-order valence-corrected chi connectivity index (χ0v) is 10.4. The fraction of sp³-hybridized carbons (Fsp3) is 0.231. The number of nitrogen functional groups attached to an aromatic ring is 1. The Morgan fingerprint density at radius 2 is 2.22 bits per heavy atom. The summed E-state index contributed by atoms with van der Waals surface area (Å²) in [5, 5.41) is 5.21. The zero-order chi connectivity index (χ0) is 12.1. The third-order valence-electron chi connectivity index (χ3n) is 3.17. The van der Waals surface area contributed by atoms with Crippen molar-refractivity contribution in [2.75, 3.05) is 5.73 Å². The summed E-state index contributed by atoms with van der Waals surface area (Å²) in [4.78, 5) is 4.76. The Morgan fingerprint density at radius 1 is 1.33 bits per heavy atom. The molecule has 1 aliphatic carbocycles. The molecule has 4 rings (SSSR count). The molecule has 0 amide bonds. The number of fused-ring (bicyclic) bond motifs is 1. The van der Waals surface area contributed by atoms with Crippen LogP contribution in [0.15, 0.2) is 28.8 Å². The van der Waals surface area contributed by atoms with Crippen molar-refractivity contribution in [1.29, 1.82) is 0 Å². The monoisotopic (exact) mass is 257 g/mol. The summed E-state index contributed by atoms with van der Waals surface area (Å²) >= 11 is 1.78. The molecule has 0 radical (unpaired) electrons. The van der Waals surface area contributed by atoms with Crippen molar-refractivity contribution in [2.24, 2.45) is 0 Å². The average Bonchev–Trinajstić information content (AvgIpc) is 2.99. The maximum Gasteiger partial charge on any atom is 0.222 e. The summed E-state index contributed by atoms with van der Waals surface area (Å²) in [5.41, 5.74) is 8.34. The van der Waals surface area contributed by atoms with Crippen LogP contribution in [0, 0.1) is 0 Å². The molecule has 1 aliphatic rings. The van der Waals surface area contributed by atoms with E-state index < -0.39 is 0 Å². The lowest BCUT2D eigenvalue weighted by atomic mass is 10.1. The van der Waals surface area contributed by atoms with Crippen molar-refractivity contribution in [2.45, 2.75) is 18.8 Å². The second kappa shape index (κ2) is 3.55. The van der Waals surface area contributed by atoms with Crippen LogP contribution in [0.2, 0.25) is 0 Å². The third kappa shape index (κ3) is 1.51. The van der Waals surface area contributed by atoms with E-state index in [9.17, 15) is 0 Å². The standard InChI is InChI=1S/C13H11N3OS/c14-11-6-9(16-17-11)8-2-1-3-10-12(8)15-13(18-10)7-4-5-7/h1-3,6-7H,4-5,14H2. The molecule has 1 saturated carbocycles. The van der Waals surface area contributed by atoms with E-state index in [1.165, 1.54) is 22.5 Å². The van der Waals surface area contributed by atoms with Gasteiger partial charge in [0.2, 0.25) is 5.88 Å². The summed E-state index contributed by atoms with van der Waals surface area (Å²) < 4.78 is 6.14. The van der Waals surface area contributed by atoms with Gasteiger partial charge in [-0.05, 0) is 18.9 Å². The molecule has 5 heteroatoms. The van der Waals surface area contributed by atoms with Crippen molar-refractivity contribution < 1.29 is 4.52 Å². The van der Waals surface area contributed by atoms with Gasteiger partial charge in [-0.15, -0.1) is 11.3 Å². The number of thiazole rings is 1. The average molecular weight is 257 g/mol. The molecule has 90 valence electrons. The maximum absolute atomic E-state index is 5.58. The number of nitrogens with zero attached hydrogens (tertiary/aromatic N) is 2. The highest BCUT2D eigenvalue weighted by atomic mass is 32.1. The first kappa shape index (κ1) is 10.1. The lowest BCUT2D eigenvalue weighted by molar-refractivity contribution is 0.439. The molecule has 0 spiro atoms. The van der Waals surface area contributed by atoms with Crippen LogP contribution in [0.5, 0.6) is 0 Å². The van der Waals surface area contributed by atoms with Crippen LogP contribution < -0.4 is 5.73 Å². The third-order valence-corrected chi connectivity index (χ3v) is 4.35. The molecule has 0 saturated heterocycles. The topological polar surface area (TPSA) is 64.9 Å². The second-order valence-electron chi connectivity index (χ2n) is 4.59. The largest absolute Gasteiger partial charge is 0.368 e. The molecular weight excluding hydrogens is 246 g/mol. The summed E-state index contributed by atoms with van der Waals surface area (Å²) in [6, 6.07) is 7.88. The molecule has 0 aliphatic heterocycles. The smallest absolute Gasteiger partial charge is 0.222 e. The second-order valence-corrected chi connectivity index (χ2v) is 5.66. The number of hydrogen-bond acceptors (Lipinski definition) is 5. The van der Waals surface area contributed by atoms with E-state index in [1.54, 1.807) is 17.4 Å². The number of anilines is 1. The number of rotatable bonds is 2. The van der Waals surface area contributed by atoms with Gasteiger partial charge in [0.25, 0.3) is 0 Å². The number of benzene rings is 1. The SMILES string of the molecule is Nc1cc(-c2cccc3sc(C4CC4)nc23)no1. The van der Waals surface area contributed by atoms with E-state index in [1.807, 2.05) is 12.1 Å². The molecular formula is C13H11N3OS.